The number of thioether (sulfide) groups is 1. The molecule has 0 spiro atoms. The van der Waals surface area contributed by atoms with Crippen molar-refractivity contribution in [3.63, 3.8) is 0 Å². The van der Waals surface area contributed by atoms with E-state index in [4.69, 9.17) is 9.47 Å². The summed E-state index contributed by atoms with van der Waals surface area (Å²) in [5.74, 6) is -0.746. The third kappa shape index (κ3) is 5.58. The zero-order valence-electron chi connectivity index (χ0n) is 20.1. The lowest BCUT2D eigenvalue weighted by Crippen LogP contribution is -2.65. The maximum absolute atomic E-state index is 13.7. The number of benzene rings is 1. The van der Waals surface area contributed by atoms with E-state index in [0.29, 0.717) is 19.6 Å². The van der Waals surface area contributed by atoms with E-state index in [-0.39, 0.29) is 23.6 Å². The highest BCUT2D eigenvalue weighted by molar-refractivity contribution is 7.99. The normalized spacial score (nSPS) is 36.3. The molecule has 2 saturated heterocycles. The maximum atomic E-state index is 13.7. The van der Waals surface area contributed by atoms with Gasteiger partial charge in [-0.2, -0.15) is 0 Å². The van der Waals surface area contributed by atoms with Crippen LogP contribution in [-0.2, 0) is 14.3 Å². The van der Waals surface area contributed by atoms with Gasteiger partial charge in [-0.15, -0.1) is 11.8 Å². The highest BCUT2D eigenvalue weighted by Gasteiger charge is 2.49. The number of amides is 1. The summed E-state index contributed by atoms with van der Waals surface area (Å²) >= 11 is 1.23. The van der Waals surface area contributed by atoms with Crippen LogP contribution in [0.15, 0.2) is 30.3 Å². The number of hydrogen-bond donors (Lipinski definition) is 5. The molecule has 35 heavy (non-hydrogen) atoms. The van der Waals surface area contributed by atoms with Crippen LogP contribution in [0.1, 0.15) is 25.8 Å². The van der Waals surface area contributed by atoms with Gasteiger partial charge in [-0.05, 0) is 41.9 Å². The SMILES string of the molecule is CSC1O[C@H]([C@H](NC(=O)[C@H]2NC[C@@H]3C=C(c4cccc(F)c4)CCO[C@@H]23)C(C)C)C(O)C(O)[C@H]1O. The van der Waals surface area contributed by atoms with Gasteiger partial charge in [-0.25, -0.2) is 4.39 Å². The Morgan fingerprint density at radius 1 is 1.23 bits per heavy atom. The molecular weight excluding hydrogens is 475 g/mol. The number of ether oxygens (including phenoxy) is 2. The van der Waals surface area contributed by atoms with E-state index in [2.05, 4.69) is 16.7 Å². The van der Waals surface area contributed by atoms with Crippen molar-refractivity contribution in [3.8, 4) is 0 Å². The Morgan fingerprint density at radius 3 is 2.69 bits per heavy atom. The van der Waals surface area contributed by atoms with Gasteiger partial charge in [0.15, 0.2) is 0 Å². The molecule has 0 aromatic heterocycles. The van der Waals surface area contributed by atoms with Crippen molar-refractivity contribution in [2.75, 3.05) is 19.4 Å². The van der Waals surface area contributed by atoms with Crippen molar-refractivity contribution in [2.24, 2.45) is 11.8 Å². The number of aliphatic hydroxyl groups is 3. The fraction of sp³-hybridized carbons (Fsp3) is 0.640. The zero-order valence-corrected chi connectivity index (χ0v) is 21.0. The molecule has 0 bridgehead atoms. The minimum Gasteiger partial charge on any atom is -0.388 e. The van der Waals surface area contributed by atoms with E-state index >= 15 is 0 Å². The molecule has 3 aliphatic heterocycles. The van der Waals surface area contributed by atoms with E-state index in [0.717, 1.165) is 11.1 Å². The van der Waals surface area contributed by atoms with E-state index < -0.39 is 48.0 Å². The average molecular weight is 511 g/mol. The van der Waals surface area contributed by atoms with Crippen LogP contribution >= 0.6 is 11.8 Å². The fourth-order valence-corrected chi connectivity index (χ4v) is 5.86. The Hall–Kier alpha value is -1.53. The molecule has 1 aromatic carbocycles. The van der Waals surface area contributed by atoms with Crippen LogP contribution in [0.3, 0.4) is 0 Å². The van der Waals surface area contributed by atoms with Crippen LogP contribution in [0.5, 0.6) is 0 Å². The molecule has 10 heteroatoms. The number of aliphatic hydroxyl groups excluding tert-OH is 3. The van der Waals surface area contributed by atoms with Gasteiger partial charge in [0, 0.05) is 12.5 Å². The highest BCUT2D eigenvalue weighted by atomic mass is 32.2. The Balaban J connectivity index is 1.48. The van der Waals surface area contributed by atoms with E-state index in [1.54, 1.807) is 12.3 Å². The lowest BCUT2D eigenvalue weighted by atomic mass is 9.88. The largest absolute Gasteiger partial charge is 0.388 e. The molecule has 3 unspecified atom stereocenters. The van der Waals surface area contributed by atoms with Crippen molar-refractivity contribution in [2.45, 2.75) is 68.3 Å². The molecule has 3 aliphatic rings. The summed E-state index contributed by atoms with van der Waals surface area (Å²) in [4.78, 5) is 13.4. The summed E-state index contributed by atoms with van der Waals surface area (Å²) in [5.41, 5.74) is 1.09. The quantitative estimate of drug-likeness (QED) is 0.383. The topological polar surface area (TPSA) is 120 Å². The molecule has 1 aromatic rings. The Labute approximate surface area is 209 Å². The van der Waals surface area contributed by atoms with E-state index in [1.807, 2.05) is 19.9 Å². The summed E-state index contributed by atoms with van der Waals surface area (Å²) in [6.07, 6.45) is -0.796. The first-order chi connectivity index (χ1) is 16.7. The van der Waals surface area contributed by atoms with Gasteiger partial charge in [0.1, 0.15) is 41.7 Å². The molecule has 2 fully saturated rings. The van der Waals surface area contributed by atoms with Gasteiger partial charge in [-0.3, -0.25) is 4.79 Å². The van der Waals surface area contributed by atoms with Crippen LogP contribution in [0.25, 0.3) is 5.57 Å². The van der Waals surface area contributed by atoms with Gasteiger partial charge in [0.2, 0.25) is 5.91 Å². The summed E-state index contributed by atoms with van der Waals surface area (Å²) in [6, 6.07) is 5.27. The number of halogens is 1. The summed E-state index contributed by atoms with van der Waals surface area (Å²) < 4.78 is 25.7. The number of fused-ring (bicyclic) bond motifs is 1. The predicted octanol–water partition coefficient (Wildman–Crippen LogP) is 0.897. The summed E-state index contributed by atoms with van der Waals surface area (Å²) in [6.45, 7) is 4.74. The highest BCUT2D eigenvalue weighted by Crippen LogP contribution is 2.32. The first kappa shape index (κ1) is 26.5. The number of hydrogen-bond acceptors (Lipinski definition) is 8. The monoisotopic (exact) mass is 510 g/mol. The van der Waals surface area contributed by atoms with Crippen LogP contribution < -0.4 is 10.6 Å². The smallest absolute Gasteiger partial charge is 0.240 e. The number of rotatable bonds is 6. The minimum absolute atomic E-state index is 0.0571. The molecule has 194 valence electrons. The third-order valence-electron chi connectivity index (χ3n) is 7.12. The van der Waals surface area contributed by atoms with Gasteiger partial charge in [-0.1, -0.05) is 32.1 Å². The second-order valence-electron chi connectivity index (χ2n) is 9.79. The first-order valence-electron chi connectivity index (χ1n) is 12.1. The van der Waals surface area contributed by atoms with Crippen molar-refractivity contribution in [3.05, 3.63) is 41.7 Å². The lowest BCUT2D eigenvalue weighted by molar-refractivity contribution is -0.208. The number of nitrogens with one attached hydrogen (secondary N) is 2. The van der Waals surface area contributed by atoms with Crippen LogP contribution in [0.4, 0.5) is 4.39 Å². The van der Waals surface area contributed by atoms with Gasteiger partial charge >= 0.3 is 0 Å². The predicted molar refractivity (Wildman–Crippen MR) is 131 cm³/mol. The van der Waals surface area contributed by atoms with Crippen molar-refractivity contribution in [1.29, 1.82) is 0 Å². The van der Waals surface area contributed by atoms with Crippen molar-refractivity contribution >= 4 is 23.2 Å². The summed E-state index contributed by atoms with van der Waals surface area (Å²) in [5, 5.41) is 37.4. The zero-order chi connectivity index (χ0) is 25.3. The standard InChI is InChI=1S/C25H35FN2O6S/c1-12(2)17(23-20(30)19(29)21(31)25(34-23)35-3)28-24(32)18-22-15(11-27-18)9-14(7-8-33-22)13-5-4-6-16(26)10-13/h4-6,9-10,12,15,17-23,25,27,29-31H,7-8,11H2,1-3H3,(H,28,32)/t15-,17+,18-,19?,20?,21+,22+,23+,25?/m0/s1. The third-order valence-corrected chi connectivity index (χ3v) is 7.97. The molecule has 5 N–H and O–H groups in total. The van der Waals surface area contributed by atoms with Crippen LogP contribution in [-0.4, -0.2) is 88.7 Å². The first-order valence-corrected chi connectivity index (χ1v) is 13.3. The van der Waals surface area contributed by atoms with Gasteiger partial charge in [0.25, 0.3) is 0 Å². The molecule has 4 rings (SSSR count). The second kappa shape index (κ2) is 11.2. The van der Waals surface area contributed by atoms with Crippen LogP contribution in [0, 0.1) is 17.7 Å². The van der Waals surface area contributed by atoms with Crippen LogP contribution in [0.2, 0.25) is 0 Å². The average Bonchev–Trinajstić information content (AvgIpc) is 3.11. The molecular formula is C25H35FN2O6S. The molecule has 0 aliphatic carbocycles. The fourth-order valence-electron chi connectivity index (χ4n) is 5.18. The Bertz CT molecular complexity index is 931. The molecule has 0 saturated carbocycles. The van der Waals surface area contributed by atoms with Crippen molar-refractivity contribution in [1.82, 2.24) is 10.6 Å². The van der Waals surface area contributed by atoms with E-state index in [9.17, 15) is 24.5 Å². The maximum Gasteiger partial charge on any atom is 0.240 e. The summed E-state index contributed by atoms with van der Waals surface area (Å²) in [7, 11) is 0. The molecule has 9 atom stereocenters. The Kier molecular flexibility index (Phi) is 8.53. The molecule has 1 amide bonds. The van der Waals surface area contributed by atoms with Crippen molar-refractivity contribution < 1.29 is 34.0 Å². The minimum atomic E-state index is -1.38. The second-order valence-corrected chi connectivity index (χ2v) is 10.7. The Morgan fingerprint density at radius 2 is 2.00 bits per heavy atom. The number of carbonyl (C=O) groups is 1. The van der Waals surface area contributed by atoms with Gasteiger partial charge < -0.3 is 35.4 Å². The lowest BCUT2D eigenvalue weighted by Gasteiger charge is -2.44. The molecule has 8 nitrogen and oxygen atoms in total. The molecule has 3 heterocycles. The molecule has 0 radical (unpaired) electrons. The number of carbonyl (C=O) groups excluding carboxylic acids is 1. The van der Waals surface area contributed by atoms with Gasteiger partial charge in [0.05, 0.1) is 18.8 Å². The van der Waals surface area contributed by atoms with E-state index in [1.165, 1.54) is 23.9 Å².